The van der Waals surface area contributed by atoms with E-state index in [0.717, 1.165) is 4.31 Å². The molecule has 2 heterocycles. The van der Waals surface area contributed by atoms with E-state index in [9.17, 15) is 13.2 Å². The molecule has 7 nitrogen and oxygen atoms in total. The number of carbonyl (C=O) groups is 1. The van der Waals surface area contributed by atoms with E-state index in [1.54, 1.807) is 17.0 Å². The number of benzene rings is 1. The Morgan fingerprint density at radius 2 is 1.96 bits per heavy atom. The van der Waals surface area contributed by atoms with E-state index < -0.39 is 15.9 Å². The summed E-state index contributed by atoms with van der Waals surface area (Å²) in [6.07, 6.45) is 0. The highest BCUT2D eigenvalue weighted by Gasteiger charge is 2.33. The van der Waals surface area contributed by atoms with E-state index >= 15 is 0 Å². The Balaban J connectivity index is 2.03. The zero-order chi connectivity index (χ0) is 18.4. The smallest absolute Gasteiger partial charge is 0.294 e. The molecular formula is C17H20N2O5S. The molecule has 0 radical (unpaired) electrons. The van der Waals surface area contributed by atoms with Gasteiger partial charge in [-0.1, -0.05) is 12.1 Å². The van der Waals surface area contributed by atoms with Crippen LogP contribution in [0.1, 0.15) is 23.2 Å². The minimum atomic E-state index is -3.68. The van der Waals surface area contributed by atoms with Crippen molar-refractivity contribution in [3.05, 3.63) is 41.9 Å². The number of rotatable bonds is 3. The molecule has 3 rings (SSSR count). The van der Waals surface area contributed by atoms with E-state index in [1.807, 2.05) is 19.1 Å². The minimum Gasteiger partial charge on any atom is -0.489 e. The topological polar surface area (TPSA) is 80.1 Å². The average Bonchev–Trinajstić information content (AvgIpc) is 2.96. The summed E-state index contributed by atoms with van der Waals surface area (Å²) in [5.41, 5.74) is 0.636. The number of carbonyl (C=O) groups excluding carboxylic acids is 1. The van der Waals surface area contributed by atoms with Crippen molar-refractivity contribution in [2.24, 2.45) is 0 Å². The lowest BCUT2D eigenvalue weighted by Crippen LogP contribution is -2.45. The van der Waals surface area contributed by atoms with Crippen molar-refractivity contribution in [1.82, 2.24) is 4.31 Å². The van der Waals surface area contributed by atoms with Gasteiger partial charge in [-0.2, -0.15) is 0 Å². The van der Waals surface area contributed by atoms with Crippen molar-refractivity contribution < 1.29 is 22.4 Å². The van der Waals surface area contributed by atoms with Gasteiger partial charge in [0, 0.05) is 20.2 Å². The molecule has 1 atom stereocenters. The molecule has 8 heteroatoms. The third-order valence-corrected chi connectivity index (χ3v) is 6.03. The van der Waals surface area contributed by atoms with E-state index in [1.165, 1.54) is 27.1 Å². The van der Waals surface area contributed by atoms with Gasteiger partial charge in [-0.25, -0.2) is 12.7 Å². The van der Waals surface area contributed by atoms with Gasteiger partial charge < -0.3 is 9.15 Å². The molecule has 0 bridgehead atoms. The van der Waals surface area contributed by atoms with E-state index in [0.29, 0.717) is 18.0 Å². The number of sulfonamides is 1. The van der Waals surface area contributed by atoms with Crippen molar-refractivity contribution in [1.29, 1.82) is 0 Å². The van der Waals surface area contributed by atoms with Crippen LogP contribution < -0.4 is 9.64 Å². The highest BCUT2D eigenvalue weighted by atomic mass is 32.2. The summed E-state index contributed by atoms with van der Waals surface area (Å²) in [6, 6.07) is 8.30. The highest BCUT2D eigenvalue weighted by Crippen LogP contribution is 2.35. The summed E-state index contributed by atoms with van der Waals surface area (Å²) in [7, 11) is -0.813. The summed E-state index contributed by atoms with van der Waals surface area (Å²) in [4.78, 5) is 14.6. The molecule has 0 fully saturated rings. The van der Waals surface area contributed by atoms with Crippen molar-refractivity contribution in [2.75, 3.05) is 25.6 Å². The van der Waals surface area contributed by atoms with Crippen LogP contribution in [-0.4, -0.2) is 45.4 Å². The Morgan fingerprint density at radius 3 is 2.64 bits per heavy atom. The maximum atomic E-state index is 13.0. The zero-order valence-corrected chi connectivity index (χ0v) is 15.3. The highest BCUT2D eigenvalue weighted by molar-refractivity contribution is 7.89. The van der Waals surface area contributed by atoms with Gasteiger partial charge in [0.1, 0.15) is 23.0 Å². The third kappa shape index (κ3) is 2.91. The van der Waals surface area contributed by atoms with Gasteiger partial charge in [-0.05, 0) is 26.0 Å². The van der Waals surface area contributed by atoms with Crippen LogP contribution >= 0.6 is 0 Å². The number of fused-ring (bicyclic) bond motifs is 1. The maximum absolute atomic E-state index is 13.0. The third-order valence-electron chi connectivity index (χ3n) is 4.11. The summed E-state index contributed by atoms with van der Waals surface area (Å²) in [6.45, 7) is 3.75. The lowest BCUT2D eigenvalue weighted by Gasteiger charge is -2.34. The average molecular weight is 364 g/mol. The number of amides is 1. The molecule has 1 aromatic carbocycles. The van der Waals surface area contributed by atoms with Crippen LogP contribution in [0.25, 0.3) is 0 Å². The second kappa shape index (κ2) is 6.20. The van der Waals surface area contributed by atoms with Gasteiger partial charge in [0.2, 0.25) is 10.0 Å². The Bertz CT molecular complexity index is 917. The van der Waals surface area contributed by atoms with Gasteiger partial charge in [0.15, 0.2) is 5.76 Å². The number of hydrogen-bond donors (Lipinski definition) is 0. The summed E-state index contributed by atoms with van der Waals surface area (Å²) >= 11 is 0. The molecule has 1 aromatic heterocycles. The molecule has 1 amide bonds. The largest absolute Gasteiger partial charge is 0.489 e. The van der Waals surface area contributed by atoms with Crippen LogP contribution in [0.3, 0.4) is 0 Å². The fourth-order valence-corrected chi connectivity index (χ4v) is 3.81. The first-order valence-electron chi connectivity index (χ1n) is 7.82. The maximum Gasteiger partial charge on any atom is 0.294 e. The van der Waals surface area contributed by atoms with Crippen LogP contribution in [0.15, 0.2) is 39.6 Å². The Hall–Kier alpha value is -2.32. The Morgan fingerprint density at radius 1 is 1.28 bits per heavy atom. The first-order valence-corrected chi connectivity index (χ1v) is 9.26. The van der Waals surface area contributed by atoms with Crippen LogP contribution in [0.4, 0.5) is 5.69 Å². The van der Waals surface area contributed by atoms with Gasteiger partial charge in [-0.3, -0.25) is 9.69 Å². The van der Waals surface area contributed by atoms with Crippen molar-refractivity contribution in [3.8, 4) is 5.75 Å². The summed E-state index contributed by atoms with van der Waals surface area (Å²) < 4.78 is 36.9. The predicted molar refractivity (Wildman–Crippen MR) is 92.5 cm³/mol. The first-order chi connectivity index (χ1) is 11.7. The van der Waals surface area contributed by atoms with Crippen molar-refractivity contribution in [3.63, 3.8) is 0 Å². The van der Waals surface area contributed by atoms with Gasteiger partial charge in [-0.15, -0.1) is 0 Å². The van der Waals surface area contributed by atoms with Crippen LogP contribution in [0.5, 0.6) is 5.75 Å². The Labute approximate surface area is 146 Å². The molecule has 0 spiro atoms. The quantitative estimate of drug-likeness (QED) is 0.835. The predicted octanol–water partition coefficient (Wildman–Crippen LogP) is 2.27. The number of nitrogens with zero attached hydrogens (tertiary/aromatic N) is 2. The standard InChI is InChI=1S/C17H20N2O5S/c1-11-10-23-14-8-6-5-7-13(14)19(11)17(20)15-9-16(12(2)24-15)25(21,22)18(3)4/h5-9,11H,10H2,1-4H3. The zero-order valence-electron chi connectivity index (χ0n) is 14.5. The number of para-hydroxylation sites is 2. The summed E-state index contributed by atoms with van der Waals surface area (Å²) in [5.74, 6) is 0.387. The monoisotopic (exact) mass is 364 g/mol. The second-order valence-corrected chi connectivity index (χ2v) is 8.24. The fourth-order valence-electron chi connectivity index (χ4n) is 2.75. The lowest BCUT2D eigenvalue weighted by atomic mass is 10.1. The van der Waals surface area contributed by atoms with E-state index in [2.05, 4.69) is 0 Å². The molecular weight excluding hydrogens is 344 g/mol. The van der Waals surface area contributed by atoms with Crippen LogP contribution in [0, 0.1) is 6.92 Å². The number of hydrogen-bond acceptors (Lipinski definition) is 5. The van der Waals surface area contributed by atoms with Gasteiger partial charge in [0.05, 0.1) is 11.7 Å². The SMILES string of the molecule is Cc1oc(C(=O)N2c3ccccc3OCC2C)cc1S(=O)(=O)N(C)C. The molecule has 2 aromatic rings. The lowest BCUT2D eigenvalue weighted by molar-refractivity contribution is 0.0932. The molecule has 1 aliphatic rings. The molecule has 0 saturated heterocycles. The van der Waals surface area contributed by atoms with Crippen LogP contribution in [0.2, 0.25) is 0 Å². The molecule has 1 aliphatic heterocycles. The fraction of sp³-hybridized carbons (Fsp3) is 0.353. The molecule has 0 aliphatic carbocycles. The summed E-state index contributed by atoms with van der Waals surface area (Å²) in [5, 5.41) is 0. The number of ether oxygens (including phenoxy) is 1. The first kappa shape index (κ1) is 17.5. The number of furan rings is 1. The normalized spacial score (nSPS) is 17.3. The van der Waals surface area contributed by atoms with E-state index in [-0.39, 0.29) is 22.5 Å². The minimum absolute atomic E-state index is 0.00459. The number of aryl methyl sites for hydroxylation is 1. The number of anilines is 1. The van der Waals surface area contributed by atoms with Crippen molar-refractivity contribution in [2.45, 2.75) is 24.8 Å². The molecule has 25 heavy (non-hydrogen) atoms. The molecule has 1 unspecified atom stereocenters. The molecule has 134 valence electrons. The second-order valence-electron chi connectivity index (χ2n) is 6.12. The molecule has 0 N–H and O–H groups in total. The van der Waals surface area contributed by atoms with Crippen LogP contribution in [-0.2, 0) is 10.0 Å². The van der Waals surface area contributed by atoms with Crippen molar-refractivity contribution >= 4 is 21.6 Å². The van der Waals surface area contributed by atoms with Gasteiger partial charge >= 0.3 is 0 Å². The van der Waals surface area contributed by atoms with Gasteiger partial charge in [0.25, 0.3) is 5.91 Å². The molecule has 0 saturated carbocycles. The Kier molecular flexibility index (Phi) is 4.34. The van der Waals surface area contributed by atoms with E-state index in [4.69, 9.17) is 9.15 Å².